The molecule has 1 rings (SSSR count). The summed E-state index contributed by atoms with van der Waals surface area (Å²) in [5.74, 6) is 1.54. The van der Waals surface area contributed by atoms with Crippen molar-refractivity contribution in [3.63, 3.8) is 0 Å². The fourth-order valence-electron chi connectivity index (χ4n) is 1.04. The third-order valence-corrected chi connectivity index (χ3v) is 1.53. The smallest absolute Gasteiger partial charge is 0.126 e. The summed E-state index contributed by atoms with van der Waals surface area (Å²) in [4.78, 5) is 0. The van der Waals surface area contributed by atoms with Gasteiger partial charge in [0, 0.05) is 0 Å². The first-order chi connectivity index (χ1) is 7.22. The first-order valence-corrected chi connectivity index (χ1v) is 5.28. The zero-order chi connectivity index (χ0) is 11.7. The van der Waals surface area contributed by atoms with E-state index in [0.717, 1.165) is 5.75 Å². The Morgan fingerprint density at radius 1 is 1.20 bits per heavy atom. The highest BCUT2D eigenvalue weighted by molar-refractivity contribution is 5.50. The number of rotatable bonds is 3. The summed E-state index contributed by atoms with van der Waals surface area (Å²) in [5.41, 5.74) is 1.18. The molecule has 15 heavy (non-hydrogen) atoms. The molecule has 0 saturated heterocycles. The van der Waals surface area contributed by atoms with Gasteiger partial charge >= 0.3 is 0 Å². The molecule has 82 valence electrons. The van der Waals surface area contributed by atoms with Gasteiger partial charge in [-0.15, -0.1) is 0 Å². The molecule has 1 aromatic rings. The van der Waals surface area contributed by atoms with Crippen LogP contribution in [-0.4, -0.2) is 0 Å². The molecule has 0 bridgehead atoms. The van der Waals surface area contributed by atoms with Gasteiger partial charge in [-0.1, -0.05) is 44.7 Å². The summed E-state index contributed by atoms with van der Waals surface area (Å²) in [6.45, 7) is 11.5. The van der Waals surface area contributed by atoms with Gasteiger partial charge in [0.2, 0.25) is 0 Å². The zero-order valence-corrected chi connectivity index (χ0v) is 10.1. The second kappa shape index (κ2) is 7.86. The van der Waals surface area contributed by atoms with Crippen LogP contribution >= 0.6 is 0 Å². The van der Waals surface area contributed by atoms with E-state index < -0.39 is 0 Å². The van der Waals surface area contributed by atoms with E-state index >= 15 is 0 Å². The lowest BCUT2D eigenvalue weighted by atomic mass is 10.2. The van der Waals surface area contributed by atoms with Crippen LogP contribution in [0, 0.1) is 0 Å². The third-order valence-electron chi connectivity index (χ3n) is 1.53. The summed E-state index contributed by atoms with van der Waals surface area (Å²) in [6, 6.07) is 7.89. The van der Waals surface area contributed by atoms with Gasteiger partial charge in [0.05, 0.1) is 5.76 Å². The first kappa shape index (κ1) is 13.5. The van der Waals surface area contributed by atoms with Gasteiger partial charge < -0.3 is 4.74 Å². The largest absolute Gasteiger partial charge is 0.463 e. The second-order valence-electron chi connectivity index (χ2n) is 2.87. The van der Waals surface area contributed by atoms with Crippen molar-refractivity contribution < 1.29 is 4.74 Å². The molecule has 0 radical (unpaired) electrons. The summed E-state index contributed by atoms with van der Waals surface area (Å²) in [7, 11) is 0. The van der Waals surface area contributed by atoms with E-state index in [1.807, 2.05) is 64.1 Å². The molecular formula is C14H20O. The van der Waals surface area contributed by atoms with E-state index in [1.165, 1.54) is 5.56 Å². The van der Waals surface area contributed by atoms with Crippen LogP contribution in [0.3, 0.4) is 0 Å². The van der Waals surface area contributed by atoms with Crippen LogP contribution in [0.25, 0.3) is 6.08 Å². The lowest BCUT2D eigenvalue weighted by Crippen LogP contribution is -1.87. The van der Waals surface area contributed by atoms with Gasteiger partial charge in [0.1, 0.15) is 5.75 Å². The van der Waals surface area contributed by atoms with Crippen LogP contribution in [0.4, 0.5) is 0 Å². The van der Waals surface area contributed by atoms with Crippen LogP contribution in [0.15, 0.2) is 42.7 Å². The van der Waals surface area contributed by atoms with Crippen molar-refractivity contribution in [2.45, 2.75) is 27.7 Å². The minimum atomic E-state index is 0.707. The van der Waals surface area contributed by atoms with Gasteiger partial charge in [-0.25, -0.2) is 0 Å². The van der Waals surface area contributed by atoms with E-state index in [9.17, 15) is 0 Å². The molecule has 0 heterocycles. The molecular weight excluding hydrogens is 184 g/mol. The molecule has 0 unspecified atom stereocenters. The predicted octanol–water partition coefficient (Wildman–Crippen LogP) is 4.66. The number of allylic oxidation sites excluding steroid dienone is 2. The van der Waals surface area contributed by atoms with Crippen LogP contribution in [0.5, 0.6) is 5.75 Å². The van der Waals surface area contributed by atoms with Crippen molar-refractivity contribution in [2.24, 2.45) is 0 Å². The van der Waals surface area contributed by atoms with E-state index in [0.29, 0.717) is 5.76 Å². The van der Waals surface area contributed by atoms with Crippen LogP contribution in [0.1, 0.15) is 33.3 Å². The summed E-state index contributed by atoms with van der Waals surface area (Å²) >= 11 is 0. The van der Waals surface area contributed by atoms with Gasteiger partial charge in [0.15, 0.2) is 0 Å². The SMILES string of the molecule is C=C(C)Oc1ccc(/C=C/C)cc1.CC. The molecule has 0 saturated carbocycles. The average molecular weight is 204 g/mol. The van der Waals surface area contributed by atoms with Crippen LogP contribution < -0.4 is 4.74 Å². The highest BCUT2D eigenvalue weighted by atomic mass is 16.5. The minimum absolute atomic E-state index is 0.707. The summed E-state index contributed by atoms with van der Waals surface area (Å²) in [5, 5.41) is 0. The monoisotopic (exact) mass is 204 g/mol. The average Bonchev–Trinajstić information content (AvgIpc) is 2.24. The van der Waals surface area contributed by atoms with E-state index in [2.05, 4.69) is 6.58 Å². The van der Waals surface area contributed by atoms with E-state index in [4.69, 9.17) is 4.74 Å². The molecule has 0 N–H and O–H groups in total. The molecule has 0 fully saturated rings. The molecule has 0 spiro atoms. The van der Waals surface area contributed by atoms with E-state index in [1.54, 1.807) is 0 Å². The lowest BCUT2D eigenvalue weighted by Gasteiger charge is -2.03. The molecule has 1 nitrogen and oxygen atoms in total. The molecule has 0 aliphatic carbocycles. The van der Waals surface area contributed by atoms with Crippen molar-refractivity contribution >= 4 is 6.08 Å². The molecule has 0 aliphatic heterocycles. The highest BCUT2D eigenvalue weighted by Gasteiger charge is 1.92. The Labute approximate surface area is 93.1 Å². The first-order valence-electron chi connectivity index (χ1n) is 5.28. The summed E-state index contributed by atoms with van der Waals surface area (Å²) < 4.78 is 5.33. The molecule has 0 aliphatic rings. The van der Waals surface area contributed by atoms with Gasteiger partial charge in [-0.05, 0) is 31.5 Å². The number of ether oxygens (including phenoxy) is 1. The van der Waals surface area contributed by atoms with Crippen molar-refractivity contribution in [1.82, 2.24) is 0 Å². The molecule has 1 aromatic carbocycles. The topological polar surface area (TPSA) is 9.23 Å². The Balaban J connectivity index is 0.000000921. The molecule has 0 aromatic heterocycles. The Bertz CT molecular complexity index is 307. The van der Waals surface area contributed by atoms with Crippen LogP contribution in [0.2, 0.25) is 0 Å². The third kappa shape index (κ3) is 5.74. The molecule has 1 heteroatoms. The quantitative estimate of drug-likeness (QED) is 0.651. The van der Waals surface area contributed by atoms with Gasteiger partial charge in [0.25, 0.3) is 0 Å². The van der Waals surface area contributed by atoms with Gasteiger partial charge in [-0.3, -0.25) is 0 Å². The fourth-order valence-corrected chi connectivity index (χ4v) is 1.04. The Hall–Kier alpha value is -1.50. The maximum atomic E-state index is 5.33. The maximum Gasteiger partial charge on any atom is 0.126 e. The number of hydrogen-bond acceptors (Lipinski definition) is 1. The van der Waals surface area contributed by atoms with E-state index in [-0.39, 0.29) is 0 Å². The molecule has 0 atom stereocenters. The Morgan fingerprint density at radius 2 is 1.73 bits per heavy atom. The van der Waals surface area contributed by atoms with Crippen molar-refractivity contribution in [1.29, 1.82) is 0 Å². The zero-order valence-electron chi connectivity index (χ0n) is 10.1. The molecule has 0 amide bonds. The number of hydrogen-bond donors (Lipinski definition) is 0. The van der Waals surface area contributed by atoms with Crippen molar-refractivity contribution in [2.75, 3.05) is 0 Å². The minimum Gasteiger partial charge on any atom is -0.463 e. The highest BCUT2D eigenvalue weighted by Crippen LogP contribution is 2.14. The van der Waals surface area contributed by atoms with Gasteiger partial charge in [-0.2, -0.15) is 0 Å². The Morgan fingerprint density at radius 3 is 2.13 bits per heavy atom. The maximum absolute atomic E-state index is 5.33. The lowest BCUT2D eigenvalue weighted by molar-refractivity contribution is 0.430. The van der Waals surface area contributed by atoms with Crippen molar-refractivity contribution in [3.8, 4) is 5.75 Å². The van der Waals surface area contributed by atoms with Crippen molar-refractivity contribution in [3.05, 3.63) is 48.2 Å². The predicted molar refractivity (Wildman–Crippen MR) is 67.9 cm³/mol. The standard InChI is InChI=1S/C12H14O.C2H6/c1-4-5-11-6-8-12(9-7-11)13-10(2)3;1-2/h4-9H,2H2,1,3H3;1-2H3/b5-4+;. The Kier molecular flexibility index (Phi) is 7.08. The van der Waals surface area contributed by atoms with Crippen LogP contribution in [-0.2, 0) is 0 Å². The normalized spacial score (nSPS) is 9.33. The summed E-state index contributed by atoms with van der Waals surface area (Å²) in [6.07, 6.45) is 4.05. The second-order valence-corrected chi connectivity index (χ2v) is 2.87. The fraction of sp³-hybridized carbons (Fsp3) is 0.286. The number of benzene rings is 1.